The fourth-order valence-electron chi connectivity index (χ4n) is 2.40. The van der Waals surface area contributed by atoms with Crippen molar-refractivity contribution in [3.8, 4) is 0 Å². The zero-order chi connectivity index (χ0) is 12.1. The molecular formula is C13H23N3O. The molecule has 2 rings (SSSR count). The summed E-state index contributed by atoms with van der Waals surface area (Å²) in [6, 6.07) is 2.09. The van der Waals surface area contributed by atoms with Gasteiger partial charge in [0.25, 0.3) is 0 Å². The van der Waals surface area contributed by atoms with Gasteiger partial charge in [0.1, 0.15) is 0 Å². The monoisotopic (exact) mass is 237 g/mol. The zero-order valence-corrected chi connectivity index (χ0v) is 10.9. The van der Waals surface area contributed by atoms with E-state index in [1.165, 1.54) is 25.8 Å². The lowest BCUT2D eigenvalue weighted by Gasteiger charge is -2.22. The summed E-state index contributed by atoms with van der Waals surface area (Å²) in [6.07, 6.45) is 3.83. The number of aromatic nitrogens is 2. The van der Waals surface area contributed by atoms with Gasteiger partial charge in [-0.1, -0.05) is 0 Å². The average Bonchev–Trinajstić information content (AvgIpc) is 2.65. The van der Waals surface area contributed by atoms with Gasteiger partial charge in [-0.15, -0.1) is 0 Å². The summed E-state index contributed by atoms with van der Waals surface area (Å²) >= 11 is 0. The molecule has 0 aromatic carbocycles. The Balaban J connectivity index is 1.64. The maximum Gasteiger partial charge on any atom is 0.0884 e. The molecule has 1 atom stereocenters. The van der Waals surface area contributed by atoms with Crippen molar-refractivity contribution in [2.75, 3.05) is 19.7 Å². The van der Waals surface area contributed by atoms with Gasteiger partial charge in [-0.2, -0.15) is 5.10 Å². The van der Waals surface area contributed by atoms with Crippen LogP contribution in [0.1, 0.15) is 30.7 Å². The molecule has 0 aliphatic carbocycles. The Hall–Kier alpha value is -0.870. The molecule has 0 saturated carbocycles. The Kier molecular flexibility index (Phi) is 4.57. The van der Waals surface area contributed by atoms with Gasteiger partial charge in [0.2, 0.25) is 0 Å². The highest BCUT2D eigenvalue weighted by Crippen LogP contribution is 2.14. The topological polar surface area (TPSA) is 39.1 Å². The zero-order valence-electron chi connectivity index (χ0n) is 10.9. The van der Waals surface area contributed by atoms with Crippen molar-refractivity contribution in [3.05, 3.63) is 17.5 Å². The van der Waals surface area contributed by atoms with Crippen LogP contribution in [0.4, 0.5) is 0 Å². The maximum atomic E-state index is 5.73. The Morgan fingerprint density at radius 2 is 2.47 bits per heavy atom. The molecule has 0 spiro atoms. The Morgan fingerprint density at radius 3 is 3.12 bits per heavy atom. The number of nitrogens with zero attached hydrogens (tertiary/aromatic N) is 2. The number of aryl methyl sites for hydroxylation is 2. The van der Waals surface area contributed by atoms with E-state index in [9.17, 15) is 0 Å². The summed E-state index contributed by atoms with van der Waals surface area (Å²) in [5.74, 6) is 0.803. The summed E-state index contributed by atoms with van der Waals surface area (Å²) in [6.45, 7) is 5.89. The summed E-state index contributed by atoms with van der Waals surface area (Å²) in [5, 5.41) is 7.74. The quantitative estimate of drug-likeness (QED) is 0.791. The second-order valence-corrected chi connectivity index (χ2v) is 4.95. The summed E-state index contributed by atoms with van der Waals surface area (Å²) in [7, 11) is 1.97. The van der Waals surface area contributed by atoms with Crippen molar-refractivity contribution >= 4 is 0 Å². The molecule has 1 aromatic rings. The van der Waals surface area contributed by atoms with Crippen molar-refractivity contribution in [3.63, 3.8) is 0 Å². The largest absolute Gasteiger partial charge is 0.375 e. The van der Waals surface area contributed by atoms with Crippen LogP contribution in [0.15, 0.2) is 6.07 Å². The van der Waals surface area contributed by atoms with Crippen molar-refractivity contribution < 1.29 is 4.74 Å². The third-order valence-electron chi connectivity index (χ3n) is 3.42. The van der Waals surface area contributed by atoms with Crippen LogP contribution in [0, 0.1) is 12.8 Å². The molecule has 0 radical (unpaired) electrons. The number of rotatable bonds is 5. The summed E-state index contributed by atoms with van der Waals surface area (Å²) in [4.78, 5) is 0. The van der Waals surface area contributed by atoms with E-state index >= 15 is 0 Å². The van der Waals surface area contributed by atoms with Crippen molar-refractivity contribution in [1.82, 2.24) is 15.1 Å². The Bertz CT molecular complexity index is 342. The van der Waals surface area contributed by atoms with Gasteiger partial charge in [0.05, 0.1) is 18.0 Å². The molecule has 0 bridgehead atoms. The van der Waals surface area contributed by atoms with E-state index in [-0.39, 0.29) is 0 Å². The second-order valence-electron chi connectivity index (χ2n) is 4.95. The van der Waals surface area contributed by atoms with E-state index in [4.69, 9.17) is 4.74 Å². The first-order valence-electron chi connectivity index (χ1n) is 6.53. The highest BCUT2D eigenvalue weighted by molar-refractivity contribution is 5.07. The molecule has 1 saturated heterocycles. The van der Waals surface area contributed by atoms with E-state index in [0.29, 0.717) is 6.61 Å². The molecule has 1 N–H and O–H groups in total. The van der Waals surface area contributed by atoms with Gasteiger partial charge >= 0.3 is 0 Å². The normalized spacial score (nSPS) is 20.7. The lowest BCUT2D eigenvalue weighted by molar-refractivity contribution is 0.0989. The minimum Gasteiger partial charge on any atom is -0.375 e. The number of piperidine rings is 1. The number of hydrogen-bond donors (Lipinski definition) is 1. The van der Waals surface area contributed by atoms with E-state index in [2.05, 4.69) is 16.5 Å². The molecule has 1 aliphatic rings. The molecule has 1 aromatic heterocycles. The van der Waals surface area contributed by atoms with E-state index in [0.717, 1.165) is 30.5 Å². The molecule has 17 heavy (non-hydrogen) atoms. The fraction of sp³-hybridized carbons (Fsp3) is 0.769. The van der Waals surface area contributed by atoms with Crippen LogP contribution in [0.5, 0.6) is 0 Å². The van der Waals surface area contributed by atoms with Gasteiger partial charge in [-0.05, 0) is 51.3 Å². The lowest BCUT2D eigenvalue weighted by Crippen LogP contribution is -2.30. The number of nitrogens with one attached hydrogen (secondary N) is 1. The number of hydrogen-bond acceptors (Lipinski definition) is 3. The van der Waals surface area contributed by atoms with E-state index in [1.54, 1.807) is 0 Å². The van der Waals surface area contributed by atoms with Crippen LogP contribution in [-0.4, -0.2) is 29.5 Å². The minimum absolute atomic E-state index is 0.678. The van der Waals surface area contributed by atoms with Gasteiger partial charge in [-0.25, -0.2) is 0 Å². The molecule has 1 unspecified atom stereocenters. The molecule has 96 valence electrons. The standard InChI is InChI=1S/C13H23N3O/c1-11-8-13(16(2)15-11)10-17-7-5-12-4-3-6-14-9-12/h8,12,14H,3-7,9-10H2,1-2H3. The van der Waals surface area contributed by atoms with Crippen LogP contribution in [-0.2, 0) is 18.4 Å². The molecule has 1 aliphatic heterocycles. The van der Waals surface area contributed by atoms with Gasteiger partial charge in [0, 0.05) is 13.7 Å². The first kappa shape index (κ1) is 12.6. The summed E-state index contributed by atoms with van der Waals surface area (Å²) < 4.78 is 7.63. The fourth-order valence-corrected chi connectivity index (χ4v) is 2.40. The van der Waals surface area contributed by atoms with Crippen LogP contribution in [0.2, 0.25) is 0 Å². The second kappa shape index (κ2) is 6.17. The van der Waals surface area contributed by atoms with Crippen LogP contribution >= 0.6 is 0 Å². The maximum absolute atomic E-state index is 5.73. The van der Waals surface area contributed by atoms with Crippen LogP contribution in [0.3, 0.4) is 0 Å². The third-order valence-corrected chi connectivity index (χ3v) is 3.42. The highest BCUT2D eigenvalue weighted by atomic mass is 16.5. The smallest absolute Gasteiger partial charge is 0.0884 e. The predicted octanol–water partition coefficient (Wildman–Crippen LogP) is 1.63. The van der Waals surface area contributed by atoms with Crippen LogP contribution < -0.4 is 5.32 Å². The van der Waals surface area contributed by atoms with Gasteiger partial charge in [-0.3, -0.25) is 4.68 Å². The first-order chi connectivity index (χ1) is 8.25. The average molecular weight is 237 g/mol. The molecule has 1 fully saturated rings. The van der Waals surface area contributed by atoms with Crippen molar-refractivity contribution in [1.29, 1.82) is 0 Å². The lowest BCUT2D eigenvalue weighted by atomic mass is 9.97. The Morgan fingerprint density at radius 1 is 1.59 bits per heavy atom. The highest BCUT2D eigenvalue weighted by Gasteiger charge is 2.12. The molecular weight excluding hydrogens is 214 g/mol. The first-order valence-corrected chi connectivity index (χ1v) is 6.53. The predicted molar refractivity (Wildman–Crippen MR) is 67.8 cm³/mol. The molecule has 4 heteroatoms. The molecule has 0 amide bonds. The minimum atomic E-state index is 0.678. The molecule has 2 heterocycles. The van der Waals surface area contributed by atoms with Gasteiger partial charge < -0.3 is 10.1 Å². The summed E-state index contributed by atoms with van der Waals surface area (Å²) in [5.41, 5.74) is 2.21. The number of ether oxygens (including phenoxy) is 1. The van der Waals surface area contributed by atoms with Crippen molar-refractivity contribution in [2.45, 2.75) is 32.8 Å². The SMILES string of the molecule is Cc1cc(COCCC2CCCNC2)n(C)n1. The van der Waals surface area contributed by atoms with Crippen molar-refractivity contribution in [2.24, 2.45) is 13.0 Å². The Labute approximate surface area is 103 Å². The van der Waals surface area contributed by atoms with E-state index in [1.807, 2.05) is 18.7 Å². The van der Waals surface area contributed by atoms with E-state index < -0.39 is 0 Å². The molecule has 4 nitrogen and oxygen atoms in total. The van der Waals surface area contributed by atoms with Crippen LogP contribution in [0.25, 0.3) is 0 Å². The third kappa shape index (κ3) is 3.82. The van der Waals surface area contributed by atoms with Gasteiger partial charge in [0.15, 0.2) is 0 Å².